The van der Waals surface area contributed by atoms with Gasteiger partial charge < -0.3 is 9.64 Å². The van der Waals surface area contributed by atoms with Crippen LogP contribution in [0, 0.1) is 23.5 Å². The van der Waals surface area contributed by atoms with Crippen LogP contribution in [-0.4, -0.2) is 38.9 Å². The summed E-state index contributed by atoms with van der Waals surface area (Å²) in [5.74, 6) is -3.00. The number of amides is 1. The van der Waals surface area contributed by atoms with Gasteiger partial charge in [-0.15, -0.1) is 0 Å². The largest absolute Gasteiger partial charge is 0.490 e. The molecule has 2 aliphatic rings. The van der Waals surface area contributed by atoms with Gasteiger partial charge in [-0.25, -0.2) is 17.2 Å². The van der Waals surface area contributed by atoms with Crippen molar-refractivity contribution in [2.45, 2.75) is 42.8 Å². The second-order valence-electron chi connectivity index (χ2n) is 8.71. The summed E-state index contributed by atoms with van der Waals surface area (Å²) in [7, 11) is -4.20. The normalized spacial score (nSPS) is 24.4. The minimum absolute atomic E-state index is 0.00650. The van der Waals surface area contributed by atoms with E-state index in [4.69, 9.17) is 16.3 Å². The molecule has 2 aromatic rings. The van der Waals surface area contributed by atoms with Crippen molar-refractivity contribution < 1.29 is 26.7 Å². The van der Waals surface area contributed by atoms with Crippen LogP contribution in [0.5, 0.6) is 5.75 Å². The predicted octanol–water partition coefficient (Wildman–Crippen LogP) is 4.96. The van der Waals surface area contributed by atoms with Crippen molar-refractivity contribution in [2.75, 3.05) is 19.7 Å². The zero-order chi connectivity index (χ0) is 24.0. The summed E-state index contributed by atoms with van der Waals surface area (Å²) in [5.41, 5.74) is -0.246. The van der Waals surface area contributed by atoms with Crippen LogP contribution in [0.3, 0.4) is 0 Å². The lowest BCUT2D eigenvalue weighted by Gasteiger charge is -2.51. The van der Waals surface area contributed by atoms with E-state index in [2.05, 4.69) is 0 Å². The molecule has 1 aliphatic carbocycles. The van der Waals surface area contributed by atoms with Crippen LogP contribution < -0.4 is 4.74 Å². The quantitative estimate of drug-likeness (QED) is 0.585. The van der Waals surface area contributed by atoms with Crippen LogP contribution in [0.15, 0.2) is 41.3 Å². The van der Waals surface area contributed by atoms with Gasteiger partial charge in [0.15, 0.2) is 21.4 Å². The molecule has 0 spiro atoms. The van der Waals surface area contributed by atoms with Gasteiger partial charge in [0.05, 0.1) is 17.1 Å². The molecule has 178 valence electrons. The molecule has 1 fully saturated rings. The Morgan fingerprint density at radius 3 is 2.48 bits per heavy atom. The molecule has 1 heterocycles. The third kappa shape index (κ3) is 3.81. The van der Waals surface area contributed by atoms with Gasteiger partial charge in [-0.2, -0.15) is 0 Å². The second-order valence-corrected chi connectivity index (χ2v) is 11.4. The number of carbonyl (C=O) groups excluding carboxylic acids is 1. The number of ether oxygens (including phenoxy) is 1. The van der Waals surface area contributed by atoms with Crippen molar-refractivity contribution in [3.8, 4) is 5.75 Å². The van der Waals surface area contributed by atoms with Crippen molar-refractivity contribution >= 4 is 27.3 Å². The zero-order valence-corrected chi connectivity index (χ0v) is 20.1. The van der Waals surface area contributed by atoms with Gasteiger partial charge in [0.25, 0.3) is 0 Å². The third-order valence-corrected chi connectivity index (χ3v) is 9.88. The maximum Gasteiger partial charge on any atom is 0.219 e. The first kappa shape index (κ1) is 24.0. The summed E-state index contributed by atoms with van der Waals surface area (Å²) < 4.78 is 62.6. The third-order valence-electron chi connectivity index (χ3n) is 7.07. The molecular formula is C24H26ClF2NO4S. The highest BCUT2D eigenvalue weighted by Gasteiger charge is 2.61. The molecule has 0 aromatic heterocycles. The number of benzene rings is 2. The van der Waals surface area contributed by atoms with Gasteiger partial charge in [0.1, 0.15) is 10.6 Å². The van der Waals surface area contributed by atoms with Crippen molar-refractivity contribution in [1.29, 1.82) is 0 Å². The predicted molar refractivity (Wildman–Crippen MR) is 121 cm³/mol. The van der Waals surface area contributed by atoms with Gasteiger partial charge in [-0.3, -0.25) is 4.79 Å². The Morgan fingerprint density at radius 2 is 1.85 bits per heavy atom. The Hall–Kier alpha value is -2.19. The number of nitrogens with zero attached hydrogens (tertiary/aromatic N) is 1. The number of fused-ring (bicyclic) bond motifs is 3. The summed E-state index contributed by atoms with van der Waals surface area (Å²) in [6.45, 7) is 4.02. The van der Waals surface area contributed by atoms with Crippen molar-refractivity contribution in [3.05, 3.63) is 58.6 Å². The molecule has 1 aliphatic heterocycles. The van der Waals surface area contributed by atoms with Crippen molar-refractivity contribution in [2.24, 2.45) is 11.8 Å². The zero-order valence-electron chi connectivity index (χ0n) is 18.5. The standard InChI is InChI=1S/C24H26ClF2NO4S/c1-3-28(15(2)29)13-16-5-4-12-24(33(30,31)18-8-6-17(25)7-9-18)19(16)14-32-23-21(27)11-10-20(26)22(23)24/h6-11,16,19H,3-5,12-14H2,1-2H3/t16-,19?,24?/m0/s1. The molecule has 5 nitrogen and oxygen atoms in total. The van der Waals surface area contributed by atoms with E-state index in [1.165, 1.54) is 31.2 Å². The molecule has 33 heavy (non-hydrogen) atoms. The summed E-state index contributed by atoms with van der Waals surface area (Å²) in [5, 5.41) is 0.370. The second kappa shape index (κ2) is 8.87. The van der Waals surface area contributed by atoms with E-state index in [9.17, 15) is 17.6 Å². The van der Waals surface area contributed by atoms with Crippen LogP contribution in [0.25, 0.3) is 0 Å². The Labute approximate surface area is 197 Å². The lowest BCUT2D eigenvalue weighted by Crippen LogP contribution is -2.56. The molecule has 1 saturated carbocycles. The molecule has 0 N–H and O–H groups in total. The minimum atomic E-state index is -4.20. The van der Waals surface area contributed by atoms with E-state index < -0.39 is 32.1 Å². The number of halogens is 3. The van der Waals surface area contributed by atoms with Gasteiger partial charge in [0, 0.05) is 31.0 Å². The summed E-state index contributed by atoms with van der Waals surface area (Å²) in [6, 6.07) is 7.64. The van der Waals surface area contributed by atoms with Gasteiger partial charge in [-0.1, -0.05) is 18.0 Å². The first-order valence-electron chi connectivity index (χ1n) is 11.0. The van der Waals surface area contributed by atoms with E-state index in [0.717, 1.165) is 12.1 Å². The first-order chi connectivity index (χ1) is 15.6. The van der Waals surface area contributed by atoms with E-state index in [-0.39, 0.29) is 41.1 Å². The molecule has 2 unspecified atom stereocenters. The number of hydrogen-bond donors (Lipinski definition) is 0. The molecule has 2 aromatic carbocycles. The van der Waals surface area contributed by atoms with Crippen LogP contribution >= 0.6 is 11.6 Å². The van der Waals surface area contributed by atoms with Gasteiger partial charge in [-0.05, 0) is 62.1 Å². The number of sulfone groups is 1. The fourth-order valence-electron chi connectivity index (χ4n) is 5.49. The lowest BCUT2D eigenvalue weighted by atomic mass is 9.67. The maximum atomic E-state index is 15.4. The van der Waals surface area contributed by atoms with Crippen LogP contribution in [0.1, 0.15) is 38.7 Å². The Morgan fingerprint density at radius 1 is 1.18 bits per heavy atom. The van der Waals surface area contributed by atoms with E-state index >= 15 is 4.39 Å². The first-order valence-corrected chi connectivity index (χ1v) is 12.9. The highest BCUT2D eigenvalue weighted by molar-refractivity contribution is 7.92. The van der Waals surface area contributed by atoms with E-state index in [1.54, 1.807) is 4.90 Å². The molecule has 0 bridgehead atoms. The number of rotatable bonds is 5. The Bertz CT molecular complexity index is 1170. The number of carbonyl (C=O) groups is 1. The molecule has 1 amide bonds. The van der Waals surface area contributed by atoms with Crippen LogP contribution in [-0.2, 0) is 19.4 Å². The smallest absolute Gasteiger partial charge is 0.219 e. The molecule has 3 atom stereocenters. The van der Waals surface area contributed by atoms with Crippen LogP contribution in [0.4, 0.5) is 8.78 Å². The molecule has 9 heteroatoms. The van der Waals surface area contributed by atoms with E-state index in [0.29, 0.717) is 31.0 Å². The van der Waals surface area contributed by atoms with Gasteiger partial charge in [0.2, 0.25) is 5.91 Å². The highest BCUT2D eigenvalue weighted by Crippen LogP contribution is 2.58. The molecule has 0 saturated heterocycles. The SMILES string of the molecule is CCN(C[C@@H]1CCCC2(S(=O)(=O)c3ccc(Cl)cc3)c3c(F)ccc(F)c3OCC12)C(C)=O. The highest BCUT2D eigenvalue weighted by atomic mass is 35.5. The Balaban J connectivity index is 1.95. The van der Waals surface area contributed by atoms with E-state index in [1.807, 2.05) is 6.92 Å². The number of hydrogen-bond acceptors (Lipinski definition) is 4. The summed E-state index contributed by atoms with van der Waals surface area (Å²) in [6.07, 6.45) is 1.27. The van der Waals surface area contributed by atoms with Crippen LogP contribution in [0.2, 0.25) is 5.02 Å². The summed E-state index contributed by atoms with van der Waals surface area (Å²) in [4.78, 5) is 13.7. The lowest BCUT2D eigenvalue weighted by molar-refractivity contribution is -0.130. The van der Waals surface area contributed by atoms with Gasteiger partial charge >= 0.3 is 0 Å². The summed E-state index contributed by atoms with van der Waals surface area (Å²) >= 11 is 5.97. The molecular weight excluding hydrogens is 472 g/mol. The molecule has 0 radical (unpaired) electrons. The fourth-order valence-corrected chi connectivity index (χ4v) is 8.06. The monoisotopic (exact) mass is 497 g/mol. The average Bonchev–Trinajstić information content (AvgIpc) is 2.79. The van der Waals surface area contributed by atoms with Crippen molar-refractivity contribution in [3.63, 3.8) is 0 Å². The average molecular weight is 498 g/mol. The topological polar surface area (TPSA) is 63.7 Å². The fraction of sp³-hybridized carbons (Fsp3) is 0.458. The maximum absolute atomic E-state index is 15.4. The minimum Gasteiger partial charge on any atom is -0.490 e. The molecule has 4 rings (SSSR count). The Kier molecular flexibility index (Phi) is 6.44. The van der Waals surface area contributed by atoms with Crippen molar-refractivity contribution in [1.82, 2.24) is 4.90 Å².